The van der Waals surface area contributed by atoms with Gasteiger partial charge in [-0.05, 0) is 11.6 Å². The van der Waals surface area contributed by atoms with Gasteiger partial charge in [-0.3, -0.25) is 9.59 Å². The van der Waals surface area contributed by atoms with E-state index in [0.717, 1.165) is 28.0 Å². The first-order valence-electron chi connectivity index (χ1n) is 10.5. The van der Waals surface area contributed by atoms with E-state index in [1.165, 1.54) is 11.6 Å². The van der Waals surface area contributed by atoms with Crippen molar-refractivity contribution < 1.29 is 24.2 Å². The highest BCUT2D eigenvalue weighted by molar-refractivity contribution is 6.22. The molecule has 1 unspecified atom stereocenters. The van der Waals surface area contributed by atoms with Crippen molar-refractivity contribution >= 4 is 23.3 Å². The summed E-state index contributed by atoms with van der Waals surface area (Å²) in [6.07, 6.45) is 0.235. The van der Waals surface area contributed by atoms with E-state index in [-0.39, 0.29) is 24.0 Å². The quantitative estimate of drug-likeness (QED) is 0.479. The van der Waals surface area contributed by atoms with Gasteiger partial charge in [-0.15, -0.1) is 4.99 Å². The van der Waals surface area contributed by atoms with Crippen LogP contribution >= 0.6 is 0 Å². The number of rotatable bonds is 3. The lowest BCUT2D eigenvalue weighted by molar-refractivity contribution is -0.723. The number of carbonyl (C=O) groups excluding carboxylic acids is 1. The van der Waals surface area contributed by atoms with Crippen LogP contribution in [0.1, 0.15) is 41.5 Å². The molecule has 1 aromatic heterocycles. The monoisotopic (exact) mass is 429 g/mol. The first-order valence-corrected chi connectivity index (χ1v) is 10.5. The summed E-state index contributed by atoms with van der Waals surface area (Å²) in [7, 11) is 3.24. The molecule has 32 heavy (non-hydrogen) atoms. The number of nitrogens with zero attached hydrogens (tertiary/aromatic N) is 2. The second kappa shape index (κ2) is 7.30. The number of aromatic hydroxyl groups is 1. The fourth-order valence-corrected chi connectivity index (χ4v) is 4.54. The molecule has 0 saturated heterocycles. The number of hydrogen-bond acceptors (Lipinski definition) is 4. The zero-order valence-electron chi connectivity index (χ0n) is 18.0. The highest BCUT2D eigenvalue weighted by Crippen LogP contribution is 2.44. The van der Waals surface area contributed by atoms with Gasteiger partial charge in [0, 0.05) is 19.0 Å². The van der Waals surface area contributed by atoms with E-state index in [0.29, 0.717) is 17.1 Å². The van der Waals surface area contributed by atoms with Crippen LogP contribution in [0.25, 0.3) is 5.76 Å². The maximum absolute atomic E-state index is 13.4. The predicted octanol–water partition coefficient (Wildman–Crippen LogP) is 0.940. The molecule has 7 heteroatoms. The van der Waals surface area contributed by atoms with Crippen molar-refractivity contribution in [1.29, 1.82) is 0 Å². The lowest BCUT2D eigenvalue weighted by atomic mass is 9.81. The second-order valence-electron chi connectivity index (χ2n) is 7.95. The molecule has 0 spiro atoms. The number of fused-ring (bicyclic) bond motifs is 4. The first kappa shape index (κ1) is 19.9. The smallest absolute Gasteiger partial charge is 0.445 e. The van der Waals surface area contributed by atoms with Crippen LogP contribution < -0.4 is 15.1 Å². The van der Waals surface area contributed by atoms with Crippen LogP contribution in [0.3, 0.4) is 0 Å². The molecule has 0 amide bonds. The van der Waals surface area contributed by atoms with E-state index < -0.39 is 5.92 Å². The van der Waals surface area contributed by atoms with Crippen LogP contribution in [0.2, 0.25) is 0 Å². The summed E-state index contributed by atoms with van der Waals surface area (Å²) in [5.74, 6) is 0.147. The van der Waals surface area contributed by atoms with Crippen molar-refractivity contribution in [3.05, 3.63) is 92.8 Å². The zero-order chi connectivity index (χ0) is 22.6. The van der Waals surface area contributed by atoms with Crippen molar-refractivity contribution in [3.63, 3.8) is 0 Å². The number of ether oxygens (including phenoxy) is 1. The van der Waals surface area contributed by atoms with Gasteiger partial charge in [0.25, 0.3) is 5.56 Å². The molecule has 2 aromatic carbocycles. The molecular formula is C25H23N3O4+2. The summed E-state index contributed by atoms with van der Waals surface area (Å²) >= 11 is 0. The minimum absolute atomic E-state index is 0.162. The van der Waals surface area contributed by atoms with Gasteiger partial charge in [-0.25, -0.2) is 4.57 Å². The van der Waals surface area contributed by atoms with Crippen molar-refractivity contribution in [2.24, 2.45) is 14.1 Å². The Labute approximate surface area is 184 Å². The Bertz CT molecular complexity index is 1400. The summed E-state index contributed by atoms with van der Waals surface area (Å²) in [5.41, 5.74) is 4.25. The van der Waals surface area contributed by atoms with Crippen LogP contribution in [0.15, 0.2) is 65.0 Å². The molecule has 2 aliphatic rings. The van der Waals surface area contributed by atoms with Gasteiger partial charge in [0.15, 0.2) is 12.6 Å². The number of allylic oxidation sites excluding steroid dienone is 1. The summed E-state index contributed by atoms with van der Waals surface area (Å²) in [6.45, 7) is 1.75. The zero-order valence-corrected chi connectivity index (χ0v) is 18.0. The number of aromatic nitrogens is 2. The van der Waals surface area contributed by atoms with Crippen molar-refractivity contribution in [1.82, 2.24) is 4.57 Å². The van der Waals surface area contributed by atoms with Gasteiger partial charge in [0.1, 0.15) is 5.76 Å². The maximum atomic E-state index is 13.4. The summed E-state index contributed by atoms with van der Waals surface area (Å²) in [4.78, 5) is 29.2. The lowest BCUT2D eigenvalue weighted by Crippen LogP contribution is -2.75. The van der Waals surface area contributed by atoms with Crippen molar-refractivity contribution in [2.75, 3.05) is 0 Å². The number of hydrogen-bond donors (Lipinski definition) is 2. The van der Waals surface area contributed by atoms with Crippen LogP contribution in [0.5, 0.6) is 6.01 Å². The van der Waals surface area contributed by atoms with Gasteiger partial charge in [0.2, 0.25) is 5.71 Å². The van der Waals surface area contributed by atoms with E-state index in [1.54, 1.807) is 18.5 Å². The van der Waals surface area contributed by atoms with Gasteiger partial charge < -0.3 is 9.84 Å². The fourth-order valence-electron chi connectivity index (χ4n) is 4.54. The molecule has 1 atom stereocenters. The van der Waals surface area contributed by atoms with E-state index in [4.69, 9.17) is 4.74 Å². The Kier molecular flexibility index (Phi) is 4.55. The van der Waals surface area contributed by atoms with Crippen molar-refractivity contribution in [2.45, 2.75) is 19.3 Å². The molecule has 2 heterocycles. The van der Waals surface area contributed by atoms with Crippen LogP contribution in [0.4, 0.5) is 5.82 Å². The molecule has 1 aliphatic carbocycles. The van der Waals surface area contributed by atoms with Gasteiger partial charge in [-0.1, -0.05) is 60.0 Å². The fraction of sp³-hybridized carbons (Fsp3) is 0.200. The van der Waals surface area contributed by atoms with Crippen LogP contribution in [-0.2, 0) is 23.6 Å². The van der Waals surface area contributed by atoms with Crippen LogP contribution in [0, 0.1) is 0 Å². The van der Waals surface area contributed by atoms with E-state index in [9.17, 15) is 14.7 Å². The Morgan fingerprint density at radius 1 is 1.12 bits per heavy atom. The normalized spacial score (nSPS) is 16.2. The van der Waals surface area contributed by atoms with Gasteiger partial charge >= 0.3 is 17.8 Å². The maximum Gasteiger partial charge on any atom is 0.462 e. The molecular weight excluding hydrogens is 406 g/mol. The number of carbonyl (C=O) groups is 1. The molecule has 160 valence electrons. The summed E-state index contributed by atoms with van der Waals surface area (Å²) in [5, 5.41) is 10.5. The first-order chi connectivity index (χ1) is 15.4. The standard InChI is InChI=1S/C25H21N3O4/c1-4-17(29)32-22-16-13-9-8-12-15(16)21-19(22)18(14-10-6-5-7-11-14)20-23(26-21)27(2)25(31)28(3)24(20)30/h5-13,18H,4H2,1-3H3/p+2. The highest BCUT2D eigenvalue weighted by Gasteiger charge is 2.49. The largest absolute Gasteiger partial charge is 0.462 e. The molecule has 5 rings (SSSR count). The predicted molar refractivity (Wildman–Crippen MR) is 117 cm³/mol. The third-order valence-corrected chi connectivity index (χ3v) is 6.14. The minimum Gasteiger partial charge on any atom is -0.445 e. The average molecular weight is 429 g/mol. The number of benzene rings is 2. The third kappa shape index (κ3) is 2.74. The molecule has 1 aliphatic heterocycles. The van der Waals surface area contributed by atoms with Gasteiger partial charge in [0.05, 0.1) is 17.1 Å². The molecule has 2 N–H and O–H groups in total. The SMILES string of the molecule is CCC(=O)OC1=C2C(=[NH+]c3c(c(=O)n(C)c(O)[n+]3C)C2c2ccccc2)c2ccccc21. The molecule has 7 nitrogen and oxygen atoms in total. The van der Waals surface area contributed by atoms with E-state index in [2.05, 4.69) is 4.99 Å². The highest BCUT2D eigenvalue weighted by atomic mass is 16.5. The molecule has 0 saturated carbocycles. The Hall–Kier alpha value is -4.00. The third-order valence-electron chi connectivity index (χ3n) is 6.14. The molecule has 0 bridgehead atoms. The topological polar surface area (TPSA) is 86.4 Å². The summed E-state index contributed by atoms with van der Waals surface area (Å²) in [6, 6.07) is 17.2. The molecule has 0 fully saturated rings. The van der Waals surface area contributed by atoms with Crippen LogP contribution in [-0.4, -0.2) is 21.4 Å². The Balaban J connectivity index is 1.93. The molecule has 0 radical (unpaired) electrons. The van der Waals surface area contributed by atoms with Crippen molar-refractivity contribution in [3.8, 4) is 6.01 Å². The molecule has 3 aromatic rings. The van der Waals surface area contributed by atoms with Gasteiger partial charge in [-0.2, -0.15) is 0 Å². The Morgan fingerprint density at radius 2 is 1.78 bits per heavy atom. The lowest BCUT2D eigenvalue weighted by Gasteiger charge is -2.21. The summed E-state index contributed by atoms with van der Waals surface area (Å²) < 4.78 is 8.65. The van der Waals surface area contributed by atoms with E-state index >= 15 is 0 Å². The average Bonchev–Trinajstić information content (AvgIpc) is 3.13. The minimum atomic E-state index is -0.486. The number of nitrogens with one attached hydrogen (secondary N) is 1. The van der Waals surface area contributed by atoms with E-state index in [1.807, 2.05) is 54.6 Å². The number of esters is 1. The second-order valence-corrected chi connectivity index (χ2v) is 7.95. The Morgan fingerprint density at radius 3 is 2.47 bits per heavy atom.